The second-order valence-electron chi connectivity index (χ2n) is 3.83. The van der Waals surface area contributed by atoms with E-state index in [0.29, 0.717) is 0 Å². The van der Waals surface area contributed by atoms with E-state index in [1.165, 1.54) is 24.4 Å². The lowest BCUT2D eigenvalue weighted by atomic mass is 10.1. The van der Waals surface area contributed by atoms with Crippen molar-refractivity contribution >= 4 is 29.2 Å². The summed E-state index contributed by atoms with van der Waals surface area (Å²) in [5, 5.41) is 20.8. The lowest BCUT2D eigenvalue weighted by Crippen LogP contribution is -2.13. The molecule has 0 aliphatic carbocycles. The zero-order chi connectivity index (χ0) is 14.7. The molecule has 2 aromatic rings. The van der Waals surface area contributed by atoms with Gasteiger partial charge >= 0.3 is 5.97 Å². The fourth-order valence-electron chi connectivity index (χ4n) is 1.54. The Morgan fingerprint density at radius 3 is 2.60 bits per heavy atom. The minimum absolute atomic E-state index is 0.0437. The molecule has 0 aliphatic heterocycles. The molecule has 0 unspecified atom stereocenters. The van der Waals surface area contributed by atoms with Crippen LogP contribution in [0.4, 0.5) is 5.69 Å². The van der Waals surface area contributed by atoms with Crippen LogP contribution in [0, 0.1) is 0 Å². The summed E-state index contributed by atoms with van der Waals surface area (Å²) >= 11 is 5.79. The maximum Gasteiger partial charge on any atom is 0.339 e. The lowest BCUT2D eigenvalue weighted by Gasteiger charge is -2.07. The summed E-state index contributed by atoms with van der Waals surface area (Å²) in [6, 6.07) is 6.76. The molecule has 1 aromatic carbocycles. The fraction of sp³-hybridized carbons (Fsp3) is 0. The SMILES string of the molecule is O=C(O)c1cc(NC(=O)c2cccnc2Cl)ccc1O. The predicted octanol–water partition coefficient (Wildman–Crippen LogP) is 2.39. The van der Waals surface area contributed by atoms with Crippen molar-refractivity contribution < 1.29 is 19.8 Å². The summed E-state index contributed by atoms with van der Waals surface area (Å²) in [6.45, 7) is 0. The number of nitrogens with zero attached hydrogens (tertiary/aromatic N) is 1. The van der Waals surface area contributed by atoms with Crippen LogP contribution in [0.5, 0.6) is 5.75 Å². The monoisotopic (exact) mass is 292 g/mol. The third-order valence-electron chi connectivity index (χ3n) is 2.49. The Kier molecular flexibility index (Phi) is 3.86. The molecule has 6 nitrogen and oxygen atoms in total. The van der Waals surface area contributed by atoms with Crippen molar-refractivity contribution in [2.75, 3.05) is 5.32 Å². The van der Waals surface area contributed by atoms with Crippen molar-refractivity contribution in [3.05, 3.63) is 52.8 Å². The van der Waals surface area contributed by atoms with Gasteiger partial charge in [-0.2, -0.15) is 0 Å². The third kappa shape index (κ3) is 2.86. The highest BCUT2D eigenvalue weighted by Gasteiger charge is 2.14. The van der Waals surface area contributed by atoms with Crippen LogP contribution >= 0.6 is 11.6 Å². The Morgan fingerprint density at radius 2 is 1.95 bits per heavy atom. The van der Waals surface area contributed by atoms with Crippen LogP contribution in [-0.2, 0) is 0 Å². The number of pyridine rings is 1. The fourth-order valence-corrected chi connectivity index (χ4v) is 1.74. The number of aromatic hydroxyl groups is 1. The smallest absolute Gasteiger partial charge is 0.339 e. The maximum atomic E-state index is 12.0. The number of hydrogen-bond donors (Lipinski definition) is 3. The van der Waals surface area contributed by atoms with Gasteiger partial charge in [-0.25, -0.2) is 9.78 Å². The standard InChI is InChI=1S/C13H9ClN2O4/c14-11-8(2-1-5-15-11)12(18)16-7-3-4-10(17)9(6-7)13(19)20/h1-6,17H,(H,16,18)(H,19,20). The van der Waals surface area contributed by atoms with Gasteiger partial charge in [0.05, 0.1) is 5.56 Å². The molecular formula is C13H9ClN2O4. The van der Waals surface area contributed by atoms with E-state index >= 15 is 0 Å². The molecule has 0 aliphatic rings. The molecule has 0 bridgehead atoms. The molecule has 1 heterocycles. The van der Waals surface area contributed by atoms with Crippen LogP contribution in [0.1, 0.15) is 20.7 Å². The minimum Gasteiger partial charge on any atom is -0.507 e. The van der Waals surface area contributed by atoms with Crippen molar-refractivity contribution in [3.8, 4) is 5.75 Å². The second-order valence-corrected chi connectivity index (χ2v) is 4.19. The van der Waals surface area contributed by atoms with E-state index in [0.717, 1.165) is 6.07 Å². The number of carboxylic acid groups (broad SMARTS) is 1. The average Bonchev–Trinajstić information content (AvgIpc) is 2.41. The van der Waals surface area contributed by atoms with E-state index < -0.39 is 11.9 Å². The Bertz CT molecular complexity index is 688. The number of rotatable bonds is 3. The number of amides is 1. The number of anilines is 1. The number of nitrogens with one attached hydrogen (secondary N) is 1. The van der Waals surface area contributed by atoms with Crippen LogP contribution in [-0.4, -0.2) is 27.1 Å². The molecule has 2 rings (SSSR count). The second kappa shape index (κ2) is 5.58. The zero-order valence-electron chi connectivity index (χ0n) is 10.0. The first-order valence-corrected chi connectivity index (χ1v) is 5.85. The van der Waals surface area contributed by atoms with Crippen LogP contribution in [0.3, 0.4) is 0 Å². The summed E-state index contributed by atoms with van der Waals surface area (Å²) in [4.78, 5) is 26.6. The number of carboxylic acids is 1. The predicted molar refractivity (Wildman–Crippen MR) is 72.3 cm³/mol. The molecule has 0 saturated heterocycles. The van der Waals surface area contributed by atoms with Crippen molar-refractivity contribution in [2.24, 2.45) is 0 Å². The molecule has 7 heteroatoms. The van der Waals surface area contributed by atoms with Crippen molar-refractivity contribution in [1.29, 1.82) is 0 Å². The molecule has 0 atom stereocenters. The maximum absolute atomic E-state index is 12.0. The van der Waals surface area contributed by atoms with Gasteiger partial charge in [-0.05, 0) is 30.3 Å². The normalized spacial score (nSPS) is 10.1. The number of aromatic nitrogens is 1. The molecule has 0 fully saturated rings. The van der Waals surface area contributed by atoms with Gasteiger partial charge < -0.3 is 15.5 Å². The molecule has 1 aromatic heterocycles. The highest BCUT2D eigenvalue weighted by atomic mass is 35.5. The molecular weight excluding hydrogens is 284 g/mol. The first-order chi connectivity index (χ1) is 9.49. The van der Waals surface area contributed by atoms with Gasteiger partial charge in [0.15, 0.2) is 0 Å². The summed E-state index contributed by atoms with van der Waals surface area (Å²) < 4.78 is 0. The van der Waals surface area contributed by atoms with Gasteiger partial charge in [-0.3, -0.25) is 4.79 Å². The molecule has 0 radical (unpaired) electrons. The Morgan fingerprint density at radius 1 is 1.20 bits per heavy atom. The number of hydrogen-bond acceptors (Lipinski definition) is 4. The van der Waals surface area contributed by atoms with Gasteiger partial charge in [-0.15, -0.1) is 0 Å². The summed E-state index contributed by atoms with van der Waals surface area (Å²) in [7, 11) is 0. The first-order valence-electron chi connectivity index (χ1n) is 5.47. The highest BCUT2D eigenvalue weighted by Crippen LogP contribution is 2.22. The molecule has 20 heavy (non-hydrogen) atoms. The van der Waals surface area contributed by atoms with Gasteiger partial charge in [0, 0.05) is 11.9 Å². The Labute approximate surface area is 118 Å². The summed E-state index contributed by atoms with van der Waals surface area (Å²) in [6.07, 6.45) is 1.45. The lowest BCUT2D eigenvalue weighted by molar-refractivity contribution is 0.0693. The molecule has 102 valence electrons. The number of carbonyl (C=O) groups is 2. The number of halogens is 1. The third-order valence-corrected chi connectivity index (χ3v) is 2.79. The van der Waals surface area contributed by atoms with E-state index in [-0.39, 0.29) is 27.7 Å². The van der Waals surface area contributed by atoms with E-state index in [2.05, 4.69) is 10.3 Å². The highest BCUT2D eigenvalue weighted by molar-refractivity contribution is 6.33. The first kappa shape index (κ1) is 13.8. The van der Waals surface area contributed by atoms with Crippen molar-refractivity contribution in [1.82, 2.24) is 4.98 Å². The number of carbonyl (C=O) groups excluding carboxylic acids is 1. The van der Waals surface area contributed by atoms with Crippen molar-refractivity contribution in [2.45, 2.75) is 0 Å². The van der Waals surface area contributed by atoms with E-state index in [4.69, 9.17) is 16.7 Å². The summed E-state index contributed by atoms with van der Waals surface area (Å²) in [5.74, 6) is -2.20. The quantitative estimate of drug-likeness (QED) is 0.596. The number of benzene rings is 1. The Balaban J connectivity index is 2.27. The average molecular weight is 293 g/mol. The van der Waals surface area contributed by atoms with Gasteiger partial charge in [-0.1, -0.05) is 11.6 Å². The molecule has 0 saturated carbocycles. The van der Waals surface area contributed by atoms with Gasteiger partial charge in [0.25, 0.3) is 5.91 Å². The van der Waals surface area contributed by atoms with Crippen LogP contribution in [0.25, 0.3) is 0 Å². The zero-order valence-corrected chi connectivity index (χ0v) is 10.8. The van der Waals surface area contributed by atoms with E-state index in [1.807, 2.05) is 0 Å². The van der Waals surface area contributed by atoms with Gasteiger partial charge in [0.1, 0.15) is 16.5 Å². The van der Waals surface area contributed by atoms with Crippen LogP contribution in [0.15, 0.2) is 36.5 Å². The topological polar surface area (TPSA) is 99.5 Å². The van der Waals surface area contributed by atoms with E-state index in [9.17, 15) is 14.7 Å². The number of phenols is 1. The Hall–Kier alpha value is -2.60. The van der Waals surface area contributed by atoms with Crippen LogP contribution < -0.4 is 5.32 Å². The minimum atomic E-state index is -1.29. The summed E-state index contributed by atoms with van der Waals surface area (Å²) in [5.41, 5.74) is 0.0873. The van der Waals surface area contributed by atoms with Crippen LogP contribution in [0.2, 0.25) is 5.15 Å². The molecule has 0 spiro atoms. The van der Waals surface area contributed by atoms with E-state index in [1.54, 1.807) is 6.07 Å². The molecule has 1 amide bonds. The van der Waals surface area contributed by atoms with Gasteiger partial charge in [0.2, 0.25) is 0 Å². The molecule has 3 N–H and O–H groups in total. The largest absolute Gasteiger partial charge is 0.507 e. The number of aromatic carboxylic acids is 1. The van der Waals surface area contributed by atoms with Crippen molar-refractivity contribution in [3.63, 3.8) is 0 Å².